The van der Waals surface area contributed by atoms with Gasteiger partial charge in [0.25, 0.3) is 0 Å². The molecule has 0 saturated heterocycles. The minimum atomic E-state index is -0.0638. The molecule has 0 atom stereocenters. The lowest BCUT2D eigenvalue weighted by atomic mass is 10.0. The van der Waals surface area contributed by atoms with Gasteiger partial charge < -0.3 is 5.11 Å². The summed E-state index contributed by atoms with van der Waals surface area (Å²) in [5.74, 6) is -0.105. The third-order valence-electron chi connectivity index (χ3n) is 2.36. The molecule has 0 aliphatic heterocycles. The molecule has 2 aromatic rings. The van der Waals surface area contributed by atoms with Crippen molar-refractivity contribution < 1.29 is 9.90 Å². The zero-order valence-electron chi connectivity index (χ0n) is 8.40. The Bertz CT molecular complexity index is 520. The average Bonchev–Trinajstić information content (AvgIpc) is 2.28. The van der Waals surface area contributed by atoms with E-state index in [4.69, 9.17) is 0 Å². The van der Waals surface area contributed by atoms with Gasteiger partial charge in [-0.15, -0.1) is 0 Å². The van der Waals surface area contributed by atoms with E-state index in [1.165, 1.54) is 6.20 Å². The number of Topliss-reactive ketones (excluding diaryl/α,β-unsaturated/α-hetero) is 1. The minimum absolute atomic E-state index is 0.0412. The van der Waals surface area contributed by atoms with Crippen LogP contribution in [0.15, 0.2) is 30.5 Å². The van der Waals surface area contributed by atoms with Gasteiger partial charge in [0, 0.05) is 11.8 Å². The third-order valence-corrected chi connectivity index (χ3v) is 2.36. The van der Waals surface area contributed by atoms with Crippen molar-refractivity contribution in [2.75, 3.05) is 0 Å². The van der Waals surface area contributed by atoms with Crippen LogP contribution in [0.5, 0.6) is 5.75 Å². The SMILES string of the molecule is CCC(=O)c1c(O)cnc2ccccc12. The van der Waals surface area contributed by atoms with E-state index in [0.29, 0.717) is 17.4 Å². The fourth-order valence-corrected chi connectivity index (χ4v) is 1.60. The first kappa shape index (κ1) is 9.65. The maximum Gasteiger partial charge on any atom is 0.167 e. The molecule has 1 N–H and O–H groups in total. The number of para-hydroxylation sites is 1. The number of benzene rings is 1. The summed E-state index contributed by atoms with van der Waals surface area (Å²) in [7, 11) is 0. The molecule has 3 nitrogen and oxygen atoms in total. The summed E-state index contributed by atoms with van der Waals surface area (Å²) in [4.78, 5) is 15.7. The highest BCUT2D eigenvalue weighted by Gasteiger charge is 2.13. The molecule has 0 unspecified atom stereocenters. The molecule has 0 spiro atoms. The lowest BCUT2D eigenvalue weighted by Gasteiger charge is -2.05. The van der Waals surface area contributed by atoms with E-state index in [1.54, 1.807) is 13.0 Å². The van der Waals surface area contributed by atoms with Crippen LogP contribution in [-0.4, -0.2) is 15.9 Å². The molecule has 2 rings (SSSR count). The number of nitrogens with zero attached hydrogens (tertiary/aromatic N) is 1. The quantitative estimate of drug-likeness (QED) is 0.759. The molecule has 76 valence electrons. The summed E-state index contributed by atoms with van der Waals surface area (Å²) in [5.41, 5.74) is 1.11. The van der Waals surface area contributed by atoms with Crippen molar-refractivity contribution in [3.05, 3.63) is 36.0 Å². The Labute approximate surface area is 87.4 Å². The van der Waals surface area contributed by atoms with Gasteiger partial charge in [-0.1, -0.05) is 25.1 Å². The van der Waals surface area contributed by atoms with Crippen LogP contribution in [-0.2, 0) is 0 Å². The largest absolute Gasteiger partial charge is 0.506 e. The molecule has 1 aromatic heterocycles. The number of pyridine rings is 1. The van der Waals surface area contributed by atoms with Crippen LogP contribution >= 0.6 is 0 Å². The number of hydrogen-bond donors (Lipinski definition) is 1. The van der Waals surface area contributed by atoms with Gasteiger partial charge >= 0.3 is 0 Å². The number of carbonyl (C=O) groups excluding carboxylic acids is 1. The first-order valence-electron chi connectivity index (χ1n) is 4.84. The molecule has 0 amide bonds. The van der Waals surface area contributed by atoms with E-state index in [0.717, 1.165) is 5.52 Å². The summed E-state index contributed by atoms with van der Waals surface area (Å²) in [6.45, 7) is 1.77. The number of ketones is 1. The second-order valence-corrected chi connectivity index (χ2v) is 3.31. The predicted molar refractivity (Wildman–Crippen MR) is 58.0 cm³/mol. The van der Waals surface area contributed by atoms with Crippen molar-refractivity contribution in [3.8, 4) is 5.75 Å². The van der Waals surface area contributed by atoms with E-state index in [2.05, 4.69) is 4.98 Å². The lowest BCUT2D eigenvalue weighted by Crippen LogP contribution is -1.99. The molecule has 0 aliphatic carbocycles. The molecule has 0 radical (unpaired) electrons. The standard InChI is InChI=1S/C12H11NO2/c1-2-10(14)12-8-5-3-4-6-9(8)13-7-11(12)15/h3-7,15H,2H2,1H3. The van der Waals surface area contributed by atoms with Crippen molar-refractivity contribution in [2.45, 2.75) is 13.3 Å². The molecule has 15 heavy (non-hydrogen) atoms. The first-order valence-corrected chi connectivity index (χ1v) is 4.84. The molecule has 3 heteroatoms. The van der Waals surface area contributed by atoms with Gasteiger partial charge in [-0.05, 0) is 6.07 Å². The predicted octanol–water partition coefficient (Wildman–Crippen LogP) is 2.53. The van der Waals surface area contributed by atoms with Crippen LogP contribution < -0.4 is 0 Å². The zero-order chi connectivity index (χ0) is 10.8. The summed E-state index contributed by atoms with van der Waals surface area (Å²) in [6.07, 6.45) is 1.70. The van der Waals surface area contributed by atoms with Gasteiger partial charge in [-0.25, -0.2) is 0 Å². The highest BCUT2D eigenvalue weighted by Crippen LogP contribution is 2.25. The summed E-state index contributed by atoms with van der Waals surface area (Å²) in [6, 6.07) is 7.30. The maximum absolute atomic E-state index is 11.7. The topological polar surface area (TPSA) is 50.2 Å². The van der Waals surface area contributed by atoms with Crippen LogP contribution in [0, 0.1) is 0 Å². The Morgan fingerprint density at radius 3 is 2.87 bits per heavy atom. The molecular weight excluding hydrogens is 190 g/mol. The van der Waals surface area contributed by atoms with Gasteiger partial charge in [-0.2, -0.15) is 0 Å². The number of aromatic nitrogens is 1. The maximum atomic E-state index is 11.7. The number of aromatic hydroxyl groups is 1. The van der Waals surface area contributed by atoms with Crippen LogP contribution in [0.1, 0.15) is 23.7 Å². The highest BCUT2D eigenvalue weighted by atomic mass is 16.3. The molecule has 1 aromatic carbocycles. The van der Waals surface area contributed by atoms with E-state index < -0.39 is 0 Å². The highest BCUT2D eigenvalue weighted by molar-refractivity contribution is 6.09. The second-order valence-electron chi connectivity index (χ2n) is 3.31. The van der Waals surface area contributed by atoms with Gasteiger partial charge in [0.05, 0.1) is 17.3 Å². The van der Waals surface area contributed by atoms with Crippen molar-refractivity contribution in [3.63, 3.8) is 0 Å². The van der Waals surface area contributed by atoms with Crippen LogP contribution in [0.2, 0.25) is 0 Å². The lowest BCUT2D eigenvalue weighted by molar-refractivity contribution is 0.0987. The molecule has 0 bridgehead atoms. The Hall–Kier alpha value is -1.90. The number of fused-ring (bicyclic) bond motifs is 1. The average molecular weight is 201 g/mol. The van der Waals surface area contributed by atoms with Gasteiger partial charge in [0.2, 0.25) is 0 Å². The van der Waals surface area contributed by atoms with Crippen molar-refractivity contribution >= 4 is 16.7 Å². The summed E-state index contributed by atoms with van der Waals surface area (Å²) in [5, 5.41) is 10.3. The number of rotatable bonds is 2. The van der Waals surface area contributed by atoms with Gasteiger partial charge in [-0.3, -0.25) is 9.78 Å². The first-order chi connectivity index (χ1) is 7.24. The van der Waals surface area contributed by atoms with Crippen molar-refractivity contribution in [1.82, 2.24) is 4.98 Å². The Morgan fingerprint density at radius 2 is 2.13 bits per heavy atom. The third kappa shape index (κ3) is 1.56. The smallest absolute Gasteiger partial charge is 0.167 e. The fourth-order valence-electron chi connectivity index (χ4n) is 1.60. The number of carbonyl (C=O) groups is 1. The summed E-state index contributed by atoms with van der Waals surface area (Å²) < 4.78 is 0. The van der Waals surface area contributed by atoms with E-state index in [9.17, 15) is 9.90 Å². The van der Waals surface area contributed by atoms with Crippen LogP contribution in [0.25, 0.3) is 10.9 Å². The Balaban J connectivity index is 2.79. The number of hydrogen-bond acceptors (Lipinski definition) is 3. The normalized spacial score (nSPS) is 10.5. The van der Waals surface area contributed by atoms with Gasteiger partial charge in [0.15, 0.2) is 5.78 Å². The van der Waals surface area contributed by atoms with E-state index in [-0.39, 0.29) is 11.5 Å². The zero-order valence-corrected chi connectivity index (χ0v) is 8.40. The second kappa shape index (κ2) is 3.69. The van der Waals surface area contributed by atoms with E-state index in [1.807, 2.05) is 18.2 Å². The van der Waals surface area contributed by atoms with Crippen LogP contribution in [0.4, 0.5) is 0 Å². The molecular formula is C12H11NO2. The molecule has 1 heterocycles. The fraction of sp³-hybridized carbons (Fsp3) is 0.167. The minimum Gasteiger partial charge on any atom is -0.506 e. The Kier molecular flexibility index (Phi) is 2.37. The van der Waals surface area contributed by atoms with Crippen LogP contribution in [0.3, 0.4) is 0 Å². The molecule has 0 fully saturated rings. The molecule has 0 aliphatic rings. The van der Waals surface area contributed by atoms with Gasteiger partial charge in [0.1, 0.15) is 5.75 Å². The van der Waals surface area contributed by atoms with Crippen molar-refractivity contribution in [2.24, 2.45) is 0 Å². The Morgan fingerprint density at radius 1 is 1.40 bits per heavy atom. The van der Waals surface area contributed by atoms with Crippen molar-refractivity contribution in [1.29, 1.82) is 0 Å². The van der Waals surface area contributed by atoms with E-state index >= 15 is 0 Å². The molecule has 0 saturated carbocycles. The summed E-state index contributed by atoms with van der Waals surface area (Å²) >= 11 is 0. The monoisotopic (exact) mass is 201 g/mol.